The average molecular weight is 337 g/mol. The molecular formula is C17H25ClN4O. The third kappa shape index (κ3) is 5.37. The first-order valence-electron chi connectivity index (χ1n) is 7.50. The lowest BCUT2D eigenvalue weighted by atomic mass is 10.0. The molecule has 0 aliphatic rings. The zero-order chi connectivity index (χ0) is 16.1. The van der Waals surface area contributed by atoms with Crippen LogP contribution in [-0.4, -0.2) is 29.3 Å². The highest BCUT2D eigenvalue weighted by Gasteiger charge is 2.19. The first-order chi connectivity index (χ1) is 10.5. The molecule has 2 aromatic rings. The zero-order valence-corrected chi connectivity index (χ0v) is 14.9. The summed E-state index contributed by atoms with van der Waals surface area (Å²) in [5.74, 6) is -0.0279. The number of hydrogen-bond donors (Lipinski definition) is 2. The predicted octanol–water partition coefficient (Wildman–Crippen LogP) is 2.08. The molecule has 23 heavy (non-hydrogen) atoms. The second-order valence-corrected chi connectivity index (χ2v) is 5.71. The van der Waals surface area contributed by atoms with Gasteiger partial charge in [0.2, 0.25) is 5.91 Å². The molecule has 0 aliphatic carbocycles. The minimum absolute atomic E-state index is 0. The molecule has 0 radical (unpaired) electrons. The van der Waals surface area contributed by atoms with Crippen LogP contribution in [0, 0.1) is 13.8 Å². The van der Waals surface area contributed by atoms with Gasteiger partial charge in [-0.2, -0.15) is 5.10 Å². The van der Waals surface area contributed by atoms with Gasteiger partial charge in [-0.15, -0.1) is 12.4 Å². The summed E-state index contributed by atoms with van der Waals surface area (Å²) in [6.45, 7) is 4.81. The molecule has 0 saturated heterocycles. The van der Waals surface area contributed by atoms with Gasteiger partial charge >= 0.3 is 0 Å². The van der Waals surface area contributed by atoms with Gasteiger partial charge in [0.25, 0.3) is 0 Å². The number of nitrogens with zero attached hydrogens (tertiary/aromatic N) is 2. The fourth-order valence-electron chi connectivity index (χ4n) is 2.68. The van der Waals surface area contributed by atoms with Crippen molar-refractivity contribution in [2.45, 2.75) is 26.3 Å². The van der Waals surface area contributed by atoms with Crippen LogP contribution in [0.25, 0.3) is 0 Å². The summed E-state index contributed by atoms with van der Waals surface area (Å²) in [5, 5.41) is 10.1. The summed E-state index contributed by atoms with van der Waals surface area (Å²) in [5.41, 5.74) is 4.63. The van der Waals surface area contributed by atoms with E-state index in [0.717, 1.165) is 12.0 Å². The zero-order valence-electron chi connectivity index (χ0n) is 14.1. The largest absolute Gasteiger partial charge is 0.354 e. The van der Waals surface area contributed by atoms with Gasteiger partial charge in [-0.25, -0.2) is 0 Å². The number of benzene rings is 1. The van der Waals surface area contributed by atoms with E-state index in [0.29, 0.717) is 6.54 Å². The maximum atomic E-state index is 12.3. The Bertz CT molecular complexity index is 634. The molecule has 0 saturated carbocycles. The van der Waals surface area contributed by atoms with Crippen LogP contribution >= 0.6 is 12.4 Å². The number of aryl methyl sites for hydroxylation is 3. The lowest BCUT2D eigenvalue weighted by Crippen LogP contribution is -2.36. The molecule has 2 rings (SSSR count). The van der Waals surface area contributed by atoms with Crippen LogP contribution in [-0.2, 0) is 18.3 Å². The molecule has 1 aromatic carbocycles. The molecule has 2 N–H and O–H groups in total. The van der Waals surface area contributed by atoms with Crippen LogP contribution in [0.5, 0.6) is 0 Å². The summed E-state index contributed by atoms with van der Waals surface area (Å²) >= 11 is 0. The number of halogens is 1. The molecule has 1 unspecified atom stereocenters. The minimum Gasteiger partial charge on any atom is -0.354 e. The van der Waals surface area contributed by atoms with Crippen molar-refractivity contribution in [3.63, 3.8) is 0 Å². The van der Waals surface area contributed by atoms with E-state index in [1.54, 1.807) is 17.9 Å². The molecule has 1 heterocycles. The van der Waals surface area contributed by atoms with Crippen molar-refractivity contribution in [2.75, 3.05) is 13.6 Å². The highest BCUT2D eigenvalue weighted by molar-refractivity contribution is 5.85. The van der Waals surface area contributed by atoms with Crippen molar-refractivity contribution in [3.8, 4) is 0 Å². The molecule has 1 atom stereocenters. The molecule has 0 spiro atoms. The van der Waals surface area contributed by atoms with Crippen LogP contribution in [0.3, 0.4) is 0 Å². The summed E-state index contributed by atoms with van der Waals surface area (Å²) in [4.78, 5) is 12.3. The first kappa shape index (κ1) is 19.2. The van der Waals surface area contributed by atoms with E-state index in [1.807, 2.05) is 13.2 Å². The number of carbonyl (C=O) groups is 1. The van der Waals surface area contributed by atoms with Gasteiger partial charge in [-0.3, -0.25) is 9.48 Å². The number of rotatable bonds is 6. The van der Waals surface area contributed by atoms with Gasteiger partial charge in [0.05, 0.1) is 6.20 Å². The molecule has 0 bridgehead atoms. The van der Waals surface area contributed by atoms with E-state index in [9.17, 15) is 4.79 Å². The standard InChI is InChI=1S/C17H24N4O.ClH/c1-12-7-13(2)9-14(8-12)5-6-19-17(22)16(18-3)15-10-20-21(4)11-15;/h7-11,16,18H,5-6H2,1-4H3,(H,19,22);1H. The quantitative estimate of drug-likeness (QED) is 0.849. The van der Waals surface area contributed by atoms with Gasteiger partial charge < -0.3 is 10.6 Å². The lowest BCUT2D eigenvalue weighted by Gasteiger charge is -2.14. The Morgan fingerprint density at radius 2 is 1.91 bits per heavy atom. The Hall–Kier alpha value is -1.85. The van der Waals surface area contributed by atoms with Crippen LogP contribution < -0.4 is 10.6 Å². The van der Waals surface area contributed by atoms with Crippen molar-refractivity contribution in [1.82, 2.24) is 20.4 Å². The van der Waals surface area contributed by atoms with Crippen molar-refractivity contribution >= 4 is 18.3 Å². The normalized spacial score (nSPS) is 11.7. The summed E-state index contributed by atoms with van der Waals surface area (Å²) in [6, 6.07) is 6.11. The number of carbonyl (C=O) groups excluding carboxylic acids is 1. The second kappa shape index (κ2) is 8.70. The summed E-state index contributed by atoms with van der Waals surface area (Å²) < 4.78 is 1.70. The highest BCUT2D eigenvalue weighted by atomic mass is 35.5. The highest BCUT2D eigenvalue weighted by Crippen LogP contribution is 2.12. The smallest absolute Gasteiger partial charge is 0.241 e. The Kier molecular flexibility index (Phi) is 7.26. The monoisotopic (exact) mass is 336 g/mol. The minimum atomic E-state index is -0.368. The van der Waals surface area contributed by atoms with E-state index < -0.39 is 0 Å². The molecular weight excluding hydrogens is 312 g/mol. The third-order valence-electron chi connectivity index (χ3n) is 3.60. The SMILES string of the molecule is CNC(C(=O)NCCc1cc(C)cc(C)c1)c1cnn(C)c1.Cl. The Morgan fingerprint density at radius 1 is 1.26 bits per heavy atom. The van der Waals surface area contributed by atoms with E-state index >= 15 is 0 Å². The van der Waals surface area contributed by atoms with Crippen molar-refractivity contribution in [3.05, 3.63) is 52.8 Å². The van der Waals surface area contributed by atoms with Gasteiger partial charge in [-0.1, -0.05) is 29.3 Å². The number of nitrogens with one attached hydrogen (secondary N) is 2. The molecule has 6 heteroatoms. The second-order valence-electron chi connectivity index (χ2n) is 5.71. The number of hydrogen-bond acceptors (Lipinski definition) is 3. The van der Waals surface area contributed by atoms with Crippen molar-refractivity contribution < 1.29 is 4.79 Å². The van der Waals surface area contributed by atoms with Crippen molar-refractivity contribution in [1.29, 1.82) is 0 Å². The number of amides is 1. The Morgan fingerprint density at radius 3 is 2.43 bits per heavy atom. The van der Waals surface area contributed by atoms with E-state index in [1.165, 1.54) is 16.7 Å². The fourth-order valence-corrected chi connectivity index (χ4v) is 2.68. The lowest BCUT2D eigenvalue weighted by molar-refractivity contribution is -0.123. The maximum Gasteiger partial charge on any atom is 0.241 e. The van der Waals surface area contributed by atoms with Crippen LogP contribution in [0.2, 0.25) is 0 Å². The van der Waals surface area contributed by atoms with Crippen LogP contribution in [0.4, 0.5) is 0 Å². The van der Waals surface area contributed by atoms with Gasteiger partial charge in [0.15, 0.2) is 0 Å². The van der Waals surface area contributed by atoms with Crippen LogP contribution in [0.15, 0.2) is 30.6 Å². The number of likely N-dealkylation sites (N-methyl/N-ethyl adjacent to an activating group) is 1. The first-order valence-corrected chi connectivity index (χ1v) is 7.50. The van der Waals surface area contributed by atoms with Crippen LogP contribution in [0.1, 0.15) is 28.3 Å². The van der Waals surface area contributed by atoms with E-state index in [-0.39, 0.29) is 24.4 Å². The summed E-state index contributed by atoms with van der Waals surface area (Å²) in [7, 11) is 3.62. The van der Waals surface area contributed by atoms with Crippen molar-refractivity contribution in [2.24, 2.45) is 7.05 Å². The molecule has 126 valence electrons. The Labute approximate surface area is 143 Å². The number of aromatic nitrogens is 2. The van der Waals surface area contributed by atoms with Gasteiger partial charge in [0, 0.05) is 25.4 Å². The summed E-state index contributed by atoms with van der Waals surface area (Å²) in [6.07, 6.45) is 4.40. The topological polar surface area (TPSA) is 59.0 Å². The van der Waals surface area contributed by atoms with E-state index in [2.05, 4.69) is 47.8 Å². The molecule has 1 amide bonds. The molecule has 5 nitrogen and oxygen atoms in total. The third-order valence-corrected chi connectivity index (χ3v) is 3.60. The van der Waals surface area contributed by atoms with Gasteiger partial charge in [0.1, 0.15) is 6.04 Å². The predicted molar refractivity (Wildman–Crippen MR) is 94.9 cm³/mol. The van der Waals surface area contributed by atoms with Gasteiger partial charge in [-0.05, 0) is 32.9 Å². The molecule has 1 aromatic heterocycles. The van der Waals surface area contributed by atoms with E-state index in [4.69, 9.17) is 0 Å². The Balaban J connectivity index is 0.00000264. The fraction of sp³-hybridized carbons (Fsp3) is 0.412. The molecule has 0 aliphatic heterocycles. The average Bonchev–Trinajstić information content (AvgIpc) is 2.85. The maximum absolute atomic E-state index is 12.3. The molecule has 0 fully saturated rings.